The van der Waals surface area contributed by atoms with Gasteiger partial charge in [0.1, 0.15) is 20.1 Å². The number of hydrogen-bond donors (Lipinski definition) is 3. The molecular formula is C5H9BO4. The molecule has 0 bridgehead atoms. The summed E-state index contributed by atoms with van der Waals surface area (Å²) >= 11 is 0. The van der Waals surface area contributed by atoms with Gasteiger partial charge in [0.15, 0.2) is 0 Å². The monoisotopic (exact) mass is 144 g/mol. The lowest BCUT2D eigenvalue weighted by atomic mass is 9.93. The fourth-order valence-electron chi connectivity index (χ4n) is 0.928. The molecule has 1 rings (SSSR count). The van der Waals surface area contributed by atoms with Gasteiger partial charge in [-0.25, -0.2) is 0 Å². The molecular weight excluding hydrogens is 135 g/mol. The van der Waals surface area contributed by atoms with E-state index in [1.54, 1.807) is 0 Å². The minimum atomic E-state index is -1.09. The van der Waals surface area contributed by atoms with Crippen molar-refractivity contribution >= 4 is 7.85 Å². The largest absolute Gasteiger partial charge is 0.394 e. The van der Waals surface area contributed by atoms with Crippen LogP contribution in [0.15, 0.2) is 0 Å². The van der Waals surface area contributed by atoms with Gasteiger partial charge < -0.3 is 20.1 Å². The zero-order valence-electron chi connectivity index (χ0n) is 5.34. The lowest BCUT2D eigenvalue weighted by molar-refractivity contribution is -0.00875. The molecule has 3 N–H and O–H groups in total. The van der Waals surface area contributed by atoms with Gasteiger partial charge in [0, 0.05) is 6.00 Å². The summed E-state index contributed by atoms with van der Waals surface area (Å²) in [5, 5.41) is 26.5. The van der Waals surface area contributed by atoms with E-state index in [-0.39, 0.29) is 6.61 Å². The van der Waals surface area contributed by atoms with Crippen LogP contribution in [0.3, 0.4) is 0 Å². The third-order valence-electron chi connectivity index (χ3n) is 1.58. The Kier molecular flexibility index (Phi) is 2.30. The number of rotatable bonds is 1. The van der Waals surface area contributed by atoms with Crippen LogP contribution in [-0.4, -0.2) is 54.1 Å². The van der Waals surface area contributed by atoms with Gasteiger partial charge in [-0.3, -0.25) is 0 Å². The summed E-state index contributed by atoms with van der Waals surface area (Å²) in [6.07, 6.45) is -2.90. The van der Waals surface area contributed by atoms with Gasteiger partial charge in [-0.2, -0.15) is 0 Å². The van der Waals surface area contributed by atoms with Crippen molar-refractivity contribution in [3.63, 3.8) is 0 Å². The number of hydrogen-bond acceptors (Lipinski definition) is 4. The Morgan fingerprint density at radius 3 is 2.10 bits per heavy atom. The Labute approximate surface area is 59.8 Å². The highest BCUT2D eigenvalue weighted by atomic mass is 16.5. The van der Waals surface area contributed by atoms with Crippen LogP contribution < -0.4 is 0 Å². The predicted octanol–water partition coefficient (Wildman–Crippen LogP) is -2.41. The first kappa shape index (κ1) is 8.01. The van der Waals surface area contributed by atoms with Crippen LogP contribution >= 0.6 is 0 Å². The van der Waals surface area contributed by atoms with E-state index in [9.17, 15) is 0 Å². The Morgan fingerprint density at radius 1 is 1.30 bits per heavy atom. The van der Waals surface area contributed by atoms with Crippen LogP contribution in [0.4, 0.5) is 0 Å². The molecule has 56 valence electrons. The summed E-state index contributed by atoms with van der Waals surface area (Å²) < 4.78 is 4.76. The molecule has 4 atom stereocenters. The summed E-state index contributed by atoms with van der Waals surface area (Å²) in [5.74, 6) is 0. The fourth-order valence-corrected chi connectivity index (χ4v) is 0.928. The molecule has 1 unspecified atom stereocenters. The van der Waals surface area contributed by atoms with Crippen molar-refractivity contribution in [2.45, 2.75) is 24.3 Å². The predicted molar refractivity (Wildman–Crippen MR) is 33.5 cm³/mol. The maximum absolute atomic E-state index is 9.01. The highest BCUT2D eigenvalue weighted by molar-refractivity contribution is 6.11. The molecule has 1 aliphatic rings. The van der Waals surface area contributed by atoms with Gasteiger partial charge in [0.25, 0.3) is 0 Å². The third-order valence-corrected chi connectivity index (χ3v) is 1.58. The number of ether oxygens (including phenoxy) is 1. The molecule has 10 heavy (non-hydrogen) atoms. The molecule has 0 amide bonds. The minimum Gasteiger partial charge on any atom is -0.394 e. The van der Waals surface area contributed by atoms with E-state index in [2.05, 4.69) is 0 Å². The van der Waals surface area contributed by atoms with Crippen molar-refractivity contribution in [2.75, 3.05) is 6.61 Å². The van der Waals surface area contributed by atoms with Crippen molar-refractivity contribution in [2.24, 2.45) is 0 Å². The second-order valence-electron chi connectivity index (χ2n) is 2.30. The lowest BCUT2D eigenvalue weighted by Gasteiger charge is -2.10. The Bertz CT molecular complexity index is 120. The van der Waals surface area contributed by atoms with Crippen LogP contribution in [0, 0.1) is 0 Å². The molecule has 0 saturated carbocycles. The summed E-state index contributed by atoms with van der Waals surface area (Å²) in [5.41, 5.74) is 0. The van der Waals surface area contributed by atoms with Crippen LogP contribution in [0.5, 0.6) is 0 Å². The van der Waals surface area contributed by atoms with Gasteiger partial charge in [-0.1, -0.05) is 0 Å². The smallest absolute Gasteiger partial charge is 0.112 e. The maximum atomic E-state index is 9.01. The second kappa shape index (κ2) is 2.88. The van der Waals surface area contributed by atoms with Crippen LogP contribution in [0.1, 0.15) is 0 Å². The number of aliphatic hydroxyl groups is 3. The van der Waals surface area contributed by atoms with Crippen molar-refractivity contribution in [1.82, 2.24) is 0 Å². The highest BCUT2D eigenvalue weighted by Crippen LogP contribution is 2.18. The minimum absolute atomic E-state index is 0.327. The lowest BCUT2D eigenvalue weighted by Crippen LogP contribution is -2.33. The van der Waals surface area contributed by atoms with Gasteiger partial charge in [0.05, 0.1) is 12.7 Å². The molecule has 0 aromatic heterocycles. The van der Waals surface area contributed by atoms with Gasteiger partial charge in [0.2, 0.25) is 0 Å². The quantitative estimate of drug-likeness (QED) is 0.358. The number of aliphatic hydroxyl groups excluding tert-OH is 3. The van der Waals surface area contributed by atoms with Gasteiger partial charge in [-0.05, 0) is 0 Å². The van der Waals surface area contributed by atoms with Gasteiger partial charge in [-0.15, -0.1) is 0 Å². The standard InChI is InChI=1S/C5H9BO4/c6-5-4(9)3(8)2(1-7)10-5/h2-5,7-9H,1H2/t2-,3+,4?,5-/m1/s1. The SMILES string of the molecule is [B][C@@H]1O[C@H](CO)[C@H](O)C1O. The first-order chi connectivity index (χ1) is 4.66. The summed E-state index contributed by atoms with van der Waals surface area (Å²) in [6.45, 7) is -0.327. The van der Waals surface area contributed by atoms with Crippen LogP contribution in [0.25, 0.3) is 0 Å². The van der Waals surface area contributed by atoms with Crippen molar-refractivity contribution in [3.05, 3.63) is 0 Å². The summed E-state index contributed by atoms with van der Waals surface area (Å²) in [4.78, 5) is 0. The molecule has 1 heterocycles. The summed E-state index contributed by atoms with van der Waals surface area (Å²) in [6, 6.07) is -0.882. The van der Waals surface area contributed by atoms with Crippen molar-refractivity contribution in [3.8, 4) is 0 Å². The molecule has 1 fully saturated rings. The molecule has 4 nitrogen and oxygen atoms in total. The van der Waals surface area contributed by atoms with E-state index in [1.165, 1.54) is 0 Å². The molecule has 5 heteroatoms. The summed E-state index contributed by atoms with van der Waals surface area (Å²) in [7, 11) is 5.19. The zero-order chi connectivity index (χ0) is 7.72. The molecule has 2 radical (unpaired) electrons. The average Bonchev–Trinajstić information content (AvgIpc) is 2.17. The normalized spacial score (nSPS) is 47.9. The third kappa shape index (κ3) is 1.18. The van der Waals surface area contributed by atoms with Crippen molar-refractivity contribution in [1.29, 1.82) is 0 Å². The topological polar surface area (TPSA) is 69.9 Å². The Morgan fingerprint density at radius 2 is 1.90 bits per heavy atom. The van der Waals surface area contributed by atoms with Crippen LogP contribution in [0.2, 0.25) is 0 Å². The highest BCUT2D eigenvalue weighted by Gasteiger charge is 2.38. The molecule has 0 aromatic rings. The van der Waals surface area contributed by atoms with E-state index in [4.69, 9.17) is 27.9 Å². The Hall–Kier alpha value is -0.0951. The molecule has 0 aromatic carbocycles. The molecule has 1 aliphatic heterocycles. The van der Waals surface area contributed by atoms with Crippen molar-refractivity contribution < 1.29 is 20.1 Å². The fraction of sp³-hybridized carbons (Fsp3) is 1.00. The van der Waals surface area contributed by atoms with E-state index in [1.807, 2.05) is 0 Å². The second-order valence-corrected chi connectivity index (χ2v) is 2.30. The average molecular weight is 144 g/mol. The van der Waals surface area contributed by atoms with E-state index < -0.39 is 24.3 Å². The van der Waals surface area contributed by atoms with E-state index in [0.29, 0.717) is 0 Å². The first-order valence-electron chi connectivity index (χ1n) is 3.05. The molecule has 0 aliphatic carbocycles. The molecule has 0 spiro atoms. The van der Waals surface area contributed by atoms with Gasteiger partial charge >= 0.3 is 0 Å². The Balaban J connectivity index is 2.53. The van der Waals surface area contributed by atoms with Crippen LogP contribution in [-0.2, 0) is 4.74 Å². The first-order valence-corrected chi connectivity index (χ1v) is 3.05. The maximum Gasteiger partial charge on any atom is 0.112 e. The molecule has 1 saturated heterocycles. The van der Waals surface area contributed by atoms with E-state index in [0.717, 1.165) is 0 Å². The van der Waals surface area contributed by atoms with E-state index >= 15 is 0 Å². The zero-order valence-corrected chi connectivity index (χ0v) is 5.34.